The quantitative estimate of drug-likeness (QED) is 0.782. The lowest BCUT2D eigenvalue weighted by Crippen LogP contribution is -2.39. The van der Waals surface area contributed by atoms with E-state index in [0.29, 0.717) is 17.9 Å². The number of aromatic amines is 1. The van der Waals surface area contributed by atoms with Crippen LogP contribution < -0.4 is 4.74 Å². The van der Waals surface area contributed by atoms with Gasteiger partial charge in [0.25, 0.3) is 5.91 Å². The topological polar surface area (TPSA) is 45.3 Å². The van der Waals surface area contributed by atoms with E-state index in [1.807, 2.05) is 35.4 Å². The van der Waals surface area contributed by atoms with Gasteiger partial charge in [-0.25, -0.2) is 4.39 Å². The first-order valence-electron chi connectivity index (χ1n) is 8.48. The molecule has 0 radical (unpaired) electrons. The Hall–Kier alpha value is -2.82. The fourth-order valence-corrected chi connectivity index (χ4v) is 3.42. The third-order valence-corrected chi connectivity index (χ3v) is 4.71. The standard InChI is InChI=1S/C20H19FN2O2/c21-15-6-8-17(9-7-15)25-13-16-4-2-12-23(16)20(24)18-5-1-3-14-10-11-22-19(14)18/h1,3,5-11,16,22H,2,4,12-13H2. The molecule has 1 N–H and O–H groups in total. The molecule has 1 atom stereocenters. The molecule has 1 fully saturated rings. The lowest BCUT2D eigenvalue weighted by Gasteiger charge is -2.25. The van der Waals surface area contributed by atoms with E-state index in [1.165, 1.54) is 12.1 Å². The Balaban J connectivity index is 1.50. The monoisotopic (exact) mass is 338 g/mol. The Labute approximate surface area is 145 Å². The summed E-state index contributed by atoms with van der Waals surface area (Å²) in [4.78, 5) is 18.1. The summed E-state index contributed by atoms with van der Waals surface area (Å²) in [6.07, 6.45) is 3.72. The zero-order valence-corrected chi connectivity index (χ0v) is 13.7. The number of fused-ring (bicyclic) bond motifs is 1. The molecule has 3 aromatic rings. The van der Waals surface area contributed by atoms with E-state index in [9.17, 15) is 9.18 Å². The molecule has 4 nitrogen and oxygen atoms in total. The zero-order valence-electron chi connectivity index (χ0n) is 13.7. The number of ether oxygens (including phenoxy) is 1. The molecule has 1 unspecified atom stereocenters. The number of para-hydroxylation sites is 1. The predicted molar refractivity (Wildman–Crippen MR) is 94.3 cm³/mol. The molecule has 0 bridgehead atoms. The summed E-state index contributed by atoms with van der Waals surface area (Å²) >= 11 is 0. The maximum absolute atomic E-state index is 13.0. The van der Waals surface area contributed by atoms with E-state index in [0.717, 1.165) is 30.3 Å². The van der Waals surface area contributed by atoms with Gasteiger partial charge < -0.3 is 14.6 Å². The Morgan fingerprint density at radius 3 is 2.88 bits per heavy atom. The van der Waals surface area contributed by atoms with Crippen molar-refractivity contribution in [1.29, 1.82) is 0 Å². The third kappa shape index (κ3) is 3.09. The number of amides is 1. The van der Waals surface area contributed by atoms with Crippen LogP contribution in [0.4, 0.5) is 4.39 Å². The van der Waals surface area contributed by atoms with Gasteiger partial charge >= 0.3 is 0 Å². The minimum atomic E-state index is -0.288. The van der Waals surface area contributed by atoms with Crippen LogP contribution in [-0.4, -0.2) is 35.0 Å². The van der Waals surface area contributed by atoms with Crippen molar-refractivity contribution in [3.8, 4) is 5.75 Å². The van der Waals surface area contributed by atoms with E-state index < -0.39 is 0 Å². The van der Waals surface area contributed by atoms with Gasteiger partial charge in [-0.05, 0) is 49.2 Å². The number of hydrogen-bond donors (Lipinski definition) is 1. The summed E-state index contributed by atoms with van der Waals surface area (Å²) in [5.41, 5.74) is 1.56. The predicted octanol–water partition coefficient (Wildman–Crippen LogP) is 3.99. The molecular weight excluding hydrogens is 319 g/mol. The largest absolute Gasteiger partial charge is 0.491 e. The van der Waals surface area contributed by atoms with Gasteiger partial charge in [-0.1, -0.05) is 12.1 Å². The number of halogens is 1. The second-order valence-electron chi connectivity index (χ2n) is 6.31. The molecule has 1 aromatic heterocycles. The molecular formula is C20H19FN2O2. The second kappa shape index (κ2) is 6.59. The van der Waals surface area contributed by atoms with Crippen molar-refractivity contribution in [2.75, 3.05) is 13.2 Å². The lowest BCUT2D eigenvalue weighted by atomic mass is 10.1. The van der Waals surface area contributed by atoms with Crippen LogP contribution in [0.2, 0.25) is 0 Å². The SMILES string of the molecule is O=C(c1cccc2cc[nH]c12)N1CCCC1COc1ccc(F)cc1. The summed E-state index contributed by atoms with van der Waals surface area (Å²) in [5.74, 6) is 0.356. The van der Waals surface area contributed by atoms with Crippen molar-refractivity contribution < 1.29 is 13.9 Å². The molecule has 1 saturated heterocycles. The Bertz CT molecular complexity index is 888. The first-order valence-corrected chi connectivity index (χ1v) is 8.48. The number of rotatable bonds is 4. The minimum absolute atomic E-state index is 0.0262. The number of nitrogens with one attached hydrogen (secondary N) is 1. The number of likely N-dealkylation sites (tertiary alicyclic amines) is 1. The molecule has 0 spiro atoms. The molecule has 2 heterocycles. The Morgan fingerprint density at radius 1 is 1.20 bits per heavy atom. The highest BCUT2D eigenvalue weighted by Crippen LogP contribution is 2.25. The van der Waals surface area contributed by atoms with E-state index >= 15 is 0 Å². The van der Waals surface area contributed by atoms with Crippen LogP contribution in [-0.2, 0) is 0 Å². The number of aromatic nitrogens is 1. The molecule has 2 aromatic carbocycles. The minimum Gasteiger partial charge on any atom is -0.491 e. The molecule has 1 aliphatic rings. The normalized spacial score (nSPS) is 17.2. The molecule has 25 heavy (non-hydrogen) atoms. The highest BCUT2D eigenvalue weighted by molar-refractivity contribution is 6.05. The second-order valence-corrected chi connectivity index (χ2v) is 6.31. The average molecular weight is 338 g/mol. The first kappa shape index (κ1) is 15.7. The smallest absolute Gasteiger partial charge is 0.256 e. The molecule has 4 rings (SSSR count). The van der Waals surface area contributed by atoms with Crippen LogP contribution in [0.3, 0.4) is 0 Å². The molecule has 0 saturated carbocycles. The van der Waals surface area contributed by atoms with Crippen molar-refractivity contribution in [2.24, 2.45) is 0 Å². The van der Waals surface area contributed by atoms with Gasteiger partial charge in [0.05, 0.1) is 17.1 Å². The van der Waals surface area contributed by atoms with E-state index in [4.69, 9.17) is 4.74 Å². The summed E-state index contributed by atoms with van der Waals surface area (Å²) in [6.45, 7) is 1.14. The molecule has 0 aliphatic carbocycles. The number of H-pyrrole nitrogens is 1. The van der Waals surface area contributed by atoms with E-state index in [-0.39, 0.29) is 17.8 Å². The summed E-state index contributed by atoms with van der Waals surface area (Å²) < 4.78 is 18.7. The van der Waals surface area contributed by atoms with E-state index in [1.54, 1.807) is 12.1 Å². The van der Waals surface area contributed by atoms with Gasteiger partial charge in [0.2, 0.25) is 0 Å². The lowest BCUT2D eigenvalue weighted by molar-refractivity contribution is 0.0693. The van der Waals surface area contributed by atoms with Gasteiger partial charge in [0, 0.05) is 18.1 Å². The third-order valence-electron chi connectivity index (χ3n) is 4.71. The molecule has 1 aliphatic heterocycles. The first-order chi connectivity index (χ1) is 12.2. The molecule has 1 amide bonds. The maximum atomic E-state index is 13.0. The molecule has 128 valence electrons. The van der Waals surface area contributed by atoms with Crippen molar-refractivity contribution in [2.45, 2.75) is 18.9 Å². The van der Waals surface area contributed by atoms with Crippen molar-refractivity contribution >= 4 is 16.8 Å². The summed E-state index contributed by atoms with van der Waals surface area (Å²) in [6, 6.07) is 13.7. The number of nitrogens with zero attached hydrogens (tertiary/aromatic N) is 1. The van der Waals surface area contributed by atoms with Crippen LogP contribution in [0.15, 0.2) is 54.7 Å². The molecule has 5 heteroatoms. The number of carbonyl (C=O) groups excluding carboxylic acids is 1. The van der Waals surface area contributed by atoms with Crippen molar-refractivity contribution in [1.82, 2.24) is 9.88 Å². The average Bonchev–Trinajstić information content (AvgIpc) is 3.29. The zero-order chi connectivity index (χ0) is 17.2. The highest BCUT2D eigenvalue weighted by atomic mass is 19.1. The number of benzene rings is 2. The maximum Gasteiger partial charge on any atom is 0.256 e. The van der Waals surface area contributed by atoms with Gasteiger partial charge in [-0.3, -0.25) is 4.79 Å². The van der Waals surface area contributed by atoms with E-state index in [2.05, 4.69) is 4.98 Å². The van der Waals surface area contributed by atoms with Gasteiger partial charge in [-0.15, -0.1) is 0 Å². The van der Waals surface area contributed by atoms with Crippen LogP contribution in [0.25, 0.3) is 10.9 Å². The van der Waals surface area contributed by atoms with Crippen LogP contribution >= 0.6 is 0 Å². The van der Waals surface area contributed by atoms with Crippen LogP contribution in [0.1, 0.15) is 23.2 Å². The van der Waals surface area contributed by atoms with Crippen molar-refractivity contribution in [3.05, 3.63) is 66.1 Å². The van der Waals surface area contributed by atoms with Gasteiger partial charge in [0.15, 0.2) is 0 Å². The Morgan fingerprint density at radius 2 is 2.04 bits per heavy atom. The summed E-state index contributed by atoms with van der Waals surface area (Å²) in [5, 5.41) is 1.03. The van der Waals surface area contributed by atoms with Crippen molar-refractivity contribution in [3.63, 3.8) is 0 Å². The Kier molecular flexibility index (Phi) is 4.14. The van der Waals surface area contributed by atoms with Crippen LogP contribution in [0, 0.1) is 5.82 Å². The highest BCUT2D eigenvalue weighted by Gasteiger charge is 2.30. The fourth-order valence-electron chi connectivity index (χ4n) is 3.42. The number of carbonyl (C=O) groups is 1. The number of hydrogen-bond acceptors (Lipinski definition) is 2. The van der Waals surface area contributed by atoms with Gasteiger partial charge in [0.1, 0.15) is 18.2 Å². The van der Waals surface area contributed by atoms with Crippen LogP contribution in [0.5, 0.6) is 5.75 Å². The van der Waals surface area contributed by atoms with Gasteiger partial charge in [-0.2, -0.15) is 0 Å². The fraction of sp³-hybridized carbons (Fsp3) is 0.250. The summed E-state index contributed by atoms with van der Waals surface area (Å²) in [7, 11) is 0.